The number of nitrogens with zero attached hydrogens (tertiary/aromatic N) is 1. The molecule has 10 heteroatoms. The molecule has 0 radical (unpaired) electrons. The van der Waals surface area contributed by atoms with Gasteiger partial charge >= 0.3 is 10.2 Å². The van der Waals surface area contributed by atoms with Crippen LogP contribution in [0.1, 0.15) is 60.0 Å². The molecule has 2 aromatic carbocycles. The molecule has 2 aliphatic carbocycles. The number of allylic oxidation sites excluding steroid dienone is 1. The number of carbonyl (C=O) groups excluding carboxylic acids is 1. The summed E-state index contributed by atoms with van der Waals surface area (Å²) in [6.45, 7) is 2.08. The van der Waals surface area contributed by atoms with E-state index in [1.807, 2.05) is 18.2 Å². The number of aryl methyl sites for hydroxylation is 1. The number of amides is 1. The van der Waals surface area contributed by atoms with E-state index >= 15 is 0 Å². The van der Waals surface area contributed by atoms with Gasteiger partial charge in [0.2, 0.25) is 0 Å². The molecule has 0 unspecified atom stereocenters. The van der Waals surface area contributed by atoms with Crippen molar-refractivity contribution in [2.45, 2.75) is 56.5 Å². The van der Waals surface area contributed by atoms with Crippen LogP contribution in [-0.4, -0.2) is 51.8 Å². The molecule has 8 nitrogen and oxygen atoms in total. The van der Waals surface area contributed by atoms with Crippen molar-refractivity contribution < 1.29 is 23.1 Å². The van der Waals surface area contributed by atoms with Crippen LogP contribution in [-0.2, 0) is 22.0 Å². The van der Waals surface area contributed by atoms with Gasteiger partial charge in [0.15, 0.2) is 0 Å². The number of benzene rings is 2. The number of carbonyl (C=O) groups is 1. The number of hydrogen-bond donors (Lipinski definition) is 3. The van der Waals surface area contributed by atoms with Gasteiger partial charge in [0.05, 0.1) is 18.4 Å². The summed E-state index contributed by atoms with van der Waals surface area (Å²) in [4.78, 5) is 15.4. The van der Waals surface area contributed by atoms with E-state index in [9.17, 15) is 18.3 Å². The monoisotopic (exact) mass is 585 g/mol. The van der Waals surface area contributed by atoms with Crippen molar-refractivity contribution in [3.05, 3.63) is 70.3 Å². The lowest BCUT2D eigenvalue weighted by molar-refractivity contribution is 0.0456. The van der Waals surface area contributed by atoms with Crippen LogP contribution in [0.15, 0.2) is 48.6 Å². The zero-order chi connectivity index (χ0) is 27.9. The third kappa shape index (κ3) is 5.49. The first-order valence-electron chi connectivity index (χ1n) is 14.2. The summed E-state index contributed by atoms with van der Waals surface area (Å²) >= 11 is 6.37. The van der Waals surface area contributed by atoms with E-state index < -0.39 is 22.2 Å². The average Bonchev–Trinajstić information content (AvgIpc) is 3.05. The van der Waals surface area contributed by atoms with E-state index in [2.05, 4.69) is 26.5 Å². The van der Waals surface area contributed by atoms with Crippen LogP contribution >= 0.6 is 11.6 Å². The molecule has 1 spiro atoms. The highest BCUT2D eigenvalue weighted by atomic mass is 35.5. The maximum atomic E-state index is 13.1. The molecule has 2 aliphatic heterocycles. The smallest absolute Gasteiger partial charge is 0.301 e. The lowest BCUT2D eigenvalue weighted by atomic mass is 9.68. The van der Waals surface area contributed by atoms with E-state index in [4.69, 9.17) is 16.3 Å². The Balaban J connectivity index is 1.40. The van der Waals surface area contributed by atoms with Crippen LogP contribution in [0.25, 0.3) is 0 Å². The maximum Gasteiger partial charge on any atom is 0.301 e. The third-order valence-corrected chi connectivity index (χ3v) is 10.3. The minimum Gasteiger partial charge on any atom is -0.490 e. The molecule has 214 valence electrons. The first-order chi connectivity index (χ1) is 19.2. The van der Waals surface area contributed by atoms with Crippen LogP contribution in [0, 0.1) is 11.8 Å². The number of rotatable bonds is 0. The number of aliphatic hydroxyl groups excluding tert-OH is 1. The Kier molecular flexibility index (Phi) is 7.59. The zero-order valence-electron chi connectivity index (χ0n) is 22.4. The van der Waals surface area contributed by atoms with Crippen molar-refractivity contribution >= 4 is 33.4 Å². The van der Waals surface area contributed by atoms with Crippen LogP contribution in [0.2, 0.25) is 5.02 Å². The molecule has 4 atom stereocenters. The van der Waals surface area contributed by atoms with Crippen LogP contribution in [0.3, 0.4) is 0 Å². The van der Waals surface area contributed by atoms with Gasteiger partial charge < -0.3 is 14.7 Å². The quantitative estimate of drug-likeness (QED) is 0.402. The van der Waals surface area contributed by atoms with Gasteiger partial charge in [0.25, 0.3) is 5.91 Å². The van der Waals surface area contributed by atoms with Crippen LogP contribution in [0.4, 0.5) is 5.69 Å². The molecule has 6 rings (SSSR count). The summed E-state index contributed by atoms with van der Waals surface area (Å²) in [6, 6.07) is 11.3. The average molecular weight is 586 g/mol. The molecule has 1 saturated carbocycles. The second-order valence-corrected chi connectivity index (χ2v) is 13.6. The topological polar surface area (TPSA) is 108 Å². The number of ether oxygens (including phenoxy) is 1. The minimum absolute atomic E-state index is 0.151. The maximum absolute atomic E-state index is 13.1. The van der Waals surface area contributed by atoms with Gasteiger partial charge in [-0.2, -0.15) is 13.1 Å². The van der Waals surface area contributed by atoms with Crippen molar-refractivity contribution in [1.29, 1.82) is 0 Å². The van der Waals surface area contributed by atoms with Crippen molar-refractivity contribution in [1.82, 2.24) is 9.44 Å². The molecule has 0 saturated heterocycles. The largest absolute Gasteiger partial charge is 0.490 e. The first kappa shape index (κ1) is 27.6. The number of anilines is 1. The molecular weight excluding hydrogens is 550 g/mol. The summed E-state index contributed by atoms with van der Waals surface area (Å²) in [7, 11) is -4.01. The Morgan fingerprint density at radius 1 is 1.12 bits per heavy atom. The Bertz CT molecular complexity index is 1430. The second-order valence-electron chi connectivity index (χ2n) is 11.7. The van der Waals surface area contributed by atoms with Crippen molar-refractivity contribution in [3.63, 3.8) is 0 Å². The van der Waals surface area contributed by atoms with E-state index in [0.717, 1.165) is 42.8 Å². The van der Waals surface area contributed by atoms with Crippen LogP contribution < -0.4 is 19.1 Å². The first-order valence-corrected chi connectivity index (χ1v) is 16.1. The summed E-state index contributed by atoms with van der Waals surface area (Å²) in [5, 5.41) is 11.7. The molecule has 0 aromatic heterocycles. The number of fused-ring (bicyclic) bond motifs is 4. The molecule has 2 bridgehead atoms. The SMILES string of the molecule is O=C1NS(=O)(=O)NCCC/C=C/[C@H](O)[C@@H]2CC[C@H]2CN2C[C@@]3(CCCc4cc(Cl)ccc43)COc3ccc1cc32. The summed E-state index contributed by atoms with van der Waals surface area (Å²) in [5.41, 5.74) is 3.27. The minimum atomic E-state index is -4.01. The Hall–Kier alpha value is -2.59. The normalized spacial score (nSPS) is 30.9. The predicted octanol–water partition coefficient (Wildman–Crippen LogP) is 4.11. The number of hydrogen-bond acceptors (Lipinski definition) is 6. The van der Waals surface area contributed by atoms with Crippen molar-refractivity contribution in [2.75, 3.05) is 31.1 Å². The fourth-order valence-electron chi connectivity index (χ4n) is 6.83. The Labute approximate surface area is 240 Å². The van der Waals surface area contributed by atoms with E-state index in [0.29, 0.717) is 38.3 Å². The van der Waals surface area contributed by atoms with E-state index in [-0.39, 0.29) is 29.4 Å². The molecule has 1 fully saturated rings. The van der Waals surface area contributed by atoms with Gasteiger partial charge in [-0.15, -0.1) is 0 Å². The fourth-order valence-corrected chi connectivity index (χ4v) is 7.87. The summed E-state index contributed by atoms with van der Waals surface area (Å²) in [6.07, 6.45) is 9.35. The molecule has 2 heterocycles. The van der Waals surface area contributed by atoms with Gasteiger partial charge in [0.1, 0.15) is 5.75 Å². The number of nitrogens with one attached hydrogen (secondary N) is 2. The molecule has 40 heavy (non-hydrogen) atoms. The lowest BCUT2D eigenvalue weighted by Gasteiger charge is -2.45. The zero-order valence-corrected chi connectivity index (χ0v) is 24.0. The van der Waals surface area contributed by atoms with Gasteiger partial charge in [-0.1, -0.05) is 29.8 Å². The van der Waals surface area contributed by atoms with Gasteiger partial charge in [-0.05, 0) is 98.2 Å². The highest BCUT2D eigenvalue weighted by Gasteiger charge is 2.44. The Morgan fingerprint density at radius 2 is 2.00 bits per heavy atom. The highest BCUT2D eigenvalue weighted by molar-refractivity contribution is 7.88. The van der Waals surface area contributed by atoms with Gasteiger partial charge in [-0.25, -0.2) is 4.72 Å². The van der Waals surface area contributed by atoms with E-state index in [1.54, 1.807) is 18.2 Å². The number of halogens is 1. The third-order valence-electron chi connectivity index (χ3n) is 9.07. The van der Waals surface area contributed by atoms with Crippen LogP contribution in [0.5, 0.6) is 5.75 Å². The predicted molar refractivity (Wildman–Crippen MR) is 155 cm³/mol. The molecule has 4 aliphatic rings. The van der Waals surface area contributed by atoms with Gasteiger partial charge in [-0.3, -0.25) is 4.79 Å². The standard InChI is InChI=1S/C30H36ClN3O5S/c31-23-9-11-25-20(15-23)5-4-13-30(25)18-34-17-22-7-10-24(22)27(35)6-2-1-3-14-32-40(37,38)33-29(36)21-8-12-28(39-19-30)26(34)16-21/h2,6,8-9,11-12,15-16,22,24,27,32,35H,1,3-5,7,10,13-14,17-19H2,(H,33,36)/b6-2+/t22-,24+,27-,30-/m0/s1. The van der Waals surface area contributed by atoms with Gasteiger partial charge in [0, 0.05) is 35.6 Å². The molecular formula is C30H36ClN3O5S. The highest BCUT2D eigenvalue weighted by Crippen LogP contribution is 2.46. The lowest BCUT2D eigenvalue weighted by Crippen LogP contribution is -2.49. The Morgan fingerprint density at radius 3 is 2.83 bits per heavy atom. The van der Waals surface area contributed by atoms with Crippen molar-refractivity contribution in [3.8, 4) is 5.75 Å². The molecule has 3 N–H and O–H groups in total. The summed E-state index contributed by atoms with van der Waals surface area (Å²) in [5.74, 6) is 0.418. The fraction of sp³-hybridized carbons (Fsp3) is 0.500. The number of aliphatic hydroxyl groups is 1. The molecule has 1 amide bonds. The van der Waals surface area contributed by atoms with E-state index in [1.165, 1.54) is 11.1 Å². The van der Waals surface area contributed by atoms with Crippen molar-refractivity contribution in [2.24, 2.45) is 11.8 Å². The molecule has 2 aromatic rings. The summed E-state index contributed by atoms with van der Waals surface area (Å²) < 4.78 is 36.1. The second kappa shape index (κ2) is 11.0.